The monoisotopic (exact) mass is 368 g/mol. The molecule has 0 spiro atoms. The van der Waals surface area contributed by atoms with Crippen LogP contribution in [-0.4, -0.2) is 35.0 Å². The van der Waals surface area contributed by atoms with E-state index in [1.165, 1.54) is 10.4 Å². The Kier molecular flexibility index (Phi) is 5.23. The van der Waals surface area contributed by atoms with Crippen LogP contribution in [0.25, 0.3) is 20.7 Å². The summed E-state index contributed by atoms with van der Waals surface area (Å²) in [5.74, 6) is 0.905. The van der Waals surface area contributed by atoms with Crippen LogP contribution in [0.3, 0.4) is 0 Å². The second-order valence-electron chi connectivity index (χ2n) is 7.36. The molecule has 0 radical (unpaired) electrons. The number of thiophene rings is 1. The first-order chi connectivity index (χ1) is 12.3. The number of aromatic nitrogens is 2. The second kappa shape index (κ2) is 7.41. The molecule has 2 aromatic heterocycles. The van der Waals surface area contributed by atoms with Crippen molar-refractivity contribution in [2.24, 2.45) is 0 Å². The Bertz CT molecular complexity index is 899. The van der Waals surface area contributed by atoms with Gasteiger partial charge in [-0.25, -0.2) is 9.97 Å². The fourth-order valence-corrected chi connectivity index (χ4v) is 3.75. The van der Waals surface area contributed by atoms with Crippen molar-refractivity contribution >= 4 is 33.3 Å². The standard InChI is InChI=1S/C20H24N4OS/c1-20(2,3)23-17(25)10-11-24(4)18-15-12-16(14-8-6-5-7-9-14)26-19(15)22-13-21-18/h5-9,12-13H,10-11H2,1-4H3,(H,23,25). The summed E-state index contributed by atoms with van der Waals surface area (Å²) in [6, 6.07) is 12.4. The number of nitrogens with one attached hydrogen (secondary N) is 1. The Labute approximate surface area is 158 Å². The van der Waals surface area contributed by atoms with Gasteiger partial charge in [0.15, 0.2) is 0 Å². The first-order valence-electron chi connectivity index (χ1n) is 8.65. The van der Waals surface area contributed by atoms with Gasteiger partial charge in [0.2, 0.25) is 5.91 Å². The molecule has 26 heavy (non-hydrogen) atoms. The number of hydrogen-bond acceptors (Lipinski definition) is 5. The van der Waals surface area contributed by atoms with E-state index in [0.29, 0.717) is 13.0 Å². The SMILES string of the molecule is CN(CCC(=O)NC(C)(C)C)c1ncnc2sc(-c3ccccc3)cc12. The zero-order valence-electron chi connectivity index (χ0n) is 15.6. The van der Waals surface area contributed by atoms with Crippen molar-refractivity contribution in [3.63, 3.8) is 0 Å². The first kappa shape index (κ1) is 18.3. The summed E-state index contributed by atoms with van der Waals surface area (Å²) in [6.45, 7) is 6.56. The molecule has 0 bridgehead atoms. The highest BCUT2D eigenvalue weighted by Crippen LogP contribution is 2.35. The van der Waals surface area contributed by atoms with Crippen LogP contribution >= 0.6 is 11.3 Å². The van der Waals surface area contributed by atoms with Crippen LogP contribution in [0, 0.1) is 0 Å². The average Bonchev–Trinajstić information content (AvgIpc) is 3.03. The number of nitrogens with zero attached hydrogens (tertiary/aromatic N) is 3. The van der Waals surface area contributed by atoms with Crippen molar-refractivity contribution in [2.75, 3.05) is 18.5 Å². The van der Waals surface area contributed by atoms with E-state index < -0.39 is 0 Å². The van der Waals surface area contributed by atoms with Crippen LogP contribution in [0.4, 0.5) is 5.82 Å². The summed E-state index contributed by atoms with van der Waals surface area (Å²) < 4.78 is 0. The molecular weight excluding hydrogens is 344 g/mol. The summed E-state index contributed by atoms with van der Waals surface area (Å²) in [4.78, 5) is 25.1. The lowest BCUT2D eigenvalue weighted by Crippen LogP contribution is -2.41. The Morgan fingerprint density at radius 1 is 1.19 bits per heavy atom. The topological polar surface area (TPSA) is 58.1 Å². The summed E-state index contributed by atoms with van der Waals surface area (Å²) in [5, 5.41) is 4.02. The molecule has 0 saturated heterocycles. The molecule has 2 heterocycles. The Hall–Kier alpha value is -2.47. The molecule has 3 rings (SSSR count). The maximum Gasteiger partial charge on any atom is 0.222 e. The van der Waals surface area contributed by atoms with Gasteiger partial charge >= 0.3 is 0 Å². The van der Waals surface area contributed by atoms with Gasteiger partial charge in [0.1, 0.15) is 17.0 Å². The van der Waals surface area contributed by atoms with Gasteiger partial charge < -0.3 is 10.2 Å². The third kappa shape index (κ3) is 4.38. The van der Waals surface area contributed by atoms with E-state index in [1.807, 2.05) is 50.9 Å². The molecule has 5 nitrogen and oxygen atoms in total. The molecule has 0 atom stereocenters. The third-order valence-electron chi connectivity index (χ3n) is 3.92. The fourth-order valence-electron chi connectivity index (χ4n) is 2.75. The highest BCUT2D eigenvalue weighted by atomic mass is 32.1. The summed E-state index contributed by atoms with van der Waals surface area (Å²) in [6.07, 6.45) is 2.02. The largest absolute Gasteiger partial charge is 0.359 e. The van der Waals surface area contributed by atoms with E-state index in [4.69, 9.17) is 0 Å². The smallest absolute Gasteiger partial charge is 0.222 e. The molecule has 0 aliphatic rings. The molecule has 0 unspecified atom stereocenters. The van der Waals surface area contributed by atoms with Gasteiger partial charge in [-0.3, -0.25) is 4.79 Å². The van der Waals surface area contributed by atoms with Crippen LogP contribution < -0.4 is 10.2 Å². The van der Waals surface area contributed by atoms with Gasteiger partial charge in [0.25, 0.3) is 0 Å². The highest BCUT2D eigenvalue weighted by Gasteiger charge is 2.16. The predicted molar refractivity (Wildman–Crippen MR) is 109 cm³/mol. The van der Waals surface area contributed by atoms with E-state index in [1.54, 1.807) is 17.7 Å². The van der Waals surface area contributed by atoms with Crippen molar-refractivity contribution in [2.45, 2.75) is 32.7 Å². The van der Waals surface area contributed by atoms with Crippen molar-refractivity contribution in [1.29, 1.82) is 0 Å². The number of carbonyl (C=O) groups is 1. The van der Waals surface area contributed by atoms with Crippen molar-refractivity contribution < 1.29 is 4.79 Å². The van der Waals surface area contributed by atoms with Crippen LogP contribution in [0.1, 0.15) is 27.2 Å². The number of benzene rings is 1. The molecule has 1 N–H and O–H groups in total. The highest BCUT2D eigenvalue weighted by molar-refractivity contribution is 7.21. The Balaban J connectivity index is 1.79. The lowest BCUT2D eigenvalue weighted by atomic mass is 10.1. The van der Waals surface area contributed by atoms with E-state index >= 15 is 0 Å². The van der Waals surface area contributed by atoms with Crippen LogP contribution in [-0.2, 0) is 4.79 Å². The molecule has 0 fully saturated rings. The molecular formula is C20H24N4OS. The van der Waals surface area contributed by atoms with Gasteiger partial charge in [-0.1, -0.05) is 30.3 Å². The van der Waals surface area contributed by atoms with E-state index in [0.717, 1.165) is 16.0 Å². The fraction of sp³-hybridized carbons (Fsp3) is 0.350. The Morgan fingerprint density at radius 2 is 1.92 bits per heavy atom. The van der Waals surface area contributed by atoms with E-state index in [2.05, 4.69) is 33.5 Å². The second-order valence-corrected chi connectivity index (χ2v) is 8.39. The van der Waals surface area contributed by atoms with Crippen LogP contribution in [0.5, 0.6) is 0 Å². The Morgan fingerprint density at radius 3 is 2.62 bits per heavy atom. The summed E-state index contributed by atoms with van der Waals surface area (Å²) >= 11 is 1.66. The lowest BCUT2D eigenvalue weighted by Gasteiger charge is -2.22. The number of hydrogen-bond donors (Lipinski definition) is 1. The molecule has 136 valence electrons. The van der Waals surface area contributed by atoms with Crippen molar-refractivity contribution in [3.8, 4) is 10.4 Å². The van der Waals surface area contributed by atoms with Gasteiger partial charge in [-0.15, -0.1) is 11.3 Å². The van der Waals surface area contributed by atoms with E-state index in [9.17, 15) is 4.79 Å². The number of fused-ring (bicyclic) bond motifs is 1. The van der Waals surface area contributed by atoms with Gasteiger partial charge in [-0.05, 0) is 32.4 Å². The zero-order chi connectivity index (χ0) is 18.7. The lowest BCUT2D eigenvalue weighted by molar-refractivity contribution is -0.122. The molecule has 6 heteroatoms. The van der Waals surface area contributed by atoms with Gasteiger partial charge in [-0.2, -0.15) is 0 Å². The van der Waals surface area contributed by atoms with Crippen molar-refractivity contribution in [3.05, 3.63) is 42.7 Å². The maximum atomic E-state index is 12.1. The number of carbonyl (C=O) groups excluding carboxylic acids is 1. The van der Waals surface area contributed by atoms with E-state index in [-0.39, 0.29) is 11.4 Å². The molecule has 1 amide bonds. The maximum absolute atomic E-state index is 12.1. The van der Waals surface area contributed by atoms with Gasteiger partial charge in [0.05, 0.1) is 5.39 Å². The normalized spacial score (nSPS) is 11.5. The minimum absolute atomic E-state index is 0.0462. The number of amides is 1. The molecule has 0 saturated carbocycles. The summed E-state index contributed by atoms with van der Waals surface area (Å²) in [7, 11) is 1.96. The first-order valence-corrected chi connectivity index (χ1v) is 9.47. The quantitative estimate of drug-likeness (QED) is 0.737. The van der Waals surface area contributed by atoms with Crippen molar-refractivity contribution in [1.82, 2.24) is 15.3 Å². The van der Waals surface area contributed by atoms with Gasteiger partial charge in [0, 0.05) is 30.4 Å². The molecule has 0 aliphatic carbocycles. The number of rotatable bonds is 5. The average molecular weight is 369 g/mol. The molecule has 0 aliphatic heterocycles. The zero-order valence-corrected chi connectivity index (χ0v) is 16.4. The molecule has 3 aromatic rings. The summed E-state index contributed by atoms with van der Waals surface area (Å²) in [5.41, 5.74) is 0.962. The predicted octanol–water partition coefficient (Wildman–Crippen LogP) is 4.10. The minimum atomic E-state index is -0.213. The third-order valence-corrected chi connectivity index (χ3v) is 5.01. The van der Waals surface area contributed by atoms with Crippen LogP contribution in [0.15, 0.2) is 42.7 Å². The number of anilines is 1. The minimum Gasteiger partial charge on any atom is -0.359 e. The molecule has 1 aromatic carbocycles. The van der Waals surface area contributed by atoms with Crippen LogP contribution in [0.2, 0.25) is 0 Å².